The molecule has 1 aliphatic carbocycles. The van der Waals surface area contributed by atoms with E-state index in [9.17, 15) is 10.1 Å². The molecule has 0 saturated heterocycles. The molecule has 0 radical (unpaired) electrons. The lowest BCUT2D eigenvalue weighted by molar-refractivity contribution is -0.389. The highest BCUT2D eigenvalue weighted by Gasteiger charge is 2.45. The van der Waals surface area contributed by atoms with Crippen molar-refractivity contribution in [1.82, 2.24) is 35.3 Å². The van der Waals surface area contributed by atoms with Gasteiger partial charge in [-0.05, 0) is 29.4 Å². The molecule has 0 aromatic carbocycles. The van der Waals surface area contributed by atoms with E-state index in [2.05, 4.69) is 35.3 Å². The second-order valence-corrected chi connectivity index (χ2v) is 7.02. The van der Waals surface area contributed by atoms with Crippen LogP contribution in [0.25, 0.3) is 22.8 Å². The summed E-state index contributed by atoms with van der Waals surface area (Å²) >= 11 is 0. The van der Waals surface area contributed by atoms with E-state index in [1.54, 1.807) is 18.6 Å². The maximum Gasteiger partial charge on any atom is 0.390 e. The topological polar surface area (TPSA) is 175 Å². The lowest BCUT2D eigenvalue weighted by Crippen LogP contribution is -2.36. The van der Waals surface area contributed by atoms with Crippen LogP contribution in [-0.4, -0.2) is 40.2 Å². The number of aromatic nitrogens is 7. The third kappa shape index (κ3) is 2.85. The van der Waals surface area contributed by atoms with E-state index in [-0.39, 0.29) is 17.7 Å². The number of anilines is 1. The van der Waals surface area contributed by atoms with Crippen LogP contribution in [0.3, 0.4) is 0 Å². The fourth-order valence-corrected chi connectivity index (χ4v) is 3.53. The molecule has 5 rings (SSSR count). The van der Waals surface area contributed by atoms with Gasteiger partial charge in [-0.2, -0.15) is 10.1 Å². The van der Waals surface area contributed by atoms with E-state index in [4.69, 9.17) is 10.3 Å². The molecule has 0 amide bonds. The monoisotopic (exact) mass is 405 g/mol. The lowest BCUT2D eigenvalue weighted by Gasteiger charge is -2.39. The largest absolute Gasteiger partial charge is 0.390 e. The molecule has 0 spiro atoms. The first kappa shape index (κ1) is 17.8. The van der Waals surface area contributed by atoms with Gasteiger partial charge in [0.05, 0.1) is 22.3 Å². The van der Waals surface area contributed by atoms with Crippen LogP contribution in [0, 0.1) is 10.1 Å². The number of H-pyrrole nitrogens is 1. The molecule has 4 heterocycles. The molecule has 150 valence electrons. The molecule has 3 N–H and O–H groups in total. The van der Waals surface area contributed by atoms with Crippen molar-refractivity contribution in [3.8, 4) is 22.8 Å². The second kappa shape index (κ2) is 6.69. The SMILES string of the molecule is Nc1ncc(-c2ccc(C3(c4noc(-c5cc([N+](=O)[O-])n[nH]5)n4)CCC3)cn2)cn1. The number of nitro groups is 1. The van der Waals surface area contributed by atoms with Gasteiger partial charge in [-0.1, -0.05) is 17.6 Å². The molecule has 1 aliphatic rings. The van der Waals surface area contributed by atoms with Gasteiger partial charge in [0.15, 0.2) is 11.5 Å². The molecular weight excluding hydrogens is 390 g/mol. The highest BCUT2D eigenvalue weighted by Crippen LogP contribution is 2.48. The number of nitrogens with zero attached hydrogens (tertiary/aromatic N) is 7. The van der Waals surface area contributed by atoms with E-state index in [1.165, 1.54) is 6.07 Å². The maximum atomic E-state index is 10.8. The molecule has 1 saturated carbocycles. The number of aromatic amines is 1. The van der Waals surface area contributed by atoms with Gasteiger partial charge in [0.25, 0.3) is 5.89 Å². The minimum atomic E-state index is -0.593. The molecule has 12 heteroatoms. The average Bonchev–Trinajstić information content (AvgIpc) is 3.38. The molecule has 0 aliphatic heterocycles. The van der Waals surface area contributed by atoms with Crippen LogP contribution in [0.5, 0.6) is 0 Å². The number of hydrogen-bond donors (Lipinski definition) is 2. The van der Waals surface area contributed by atoms with Gasteiger partial charge in [-0.3, -0.25) is 4.98 Å². The van der Waals surface area contributed by atoms with Crippen LogP contribution in [0.4, 0.5) is 11.8 Å². The Labute approximate surface area is 168 Å². The van der Waals surface area contributed by atoms with Gasteiger partial charge >= 0.3 is 5.82 Å². The Balaban J connectivity index is 1.45. The van der Waals surface area contributed by atoms with Crippen LogP contribution < -0.4 is 5.73 Å². The summed E-state index contributed by atoms with van der Waals surface area (Å²) in [4.78, 5) is 27.2. The van der Waals surface area contributed by atoms with Crippen molar-refractivity contribution >= 4 is 11.8 Å². The molecular formula is C18H15N9O3. The van der Waals surface area contributed by atoms with Crippen LogP contribution in [-0.2, 0) is 5.41 Å². The van der Waals surface area contributed by atoms with Crippen molar-refractivity contribution in [2.75, 3.05) is 5.73 Å². The van der Waals surface area contributed by atoms with Crippen LogP contribution in [0.15, 0.2) is 41.3 Å². The molecule has 0 atom stereocenters. The maximum absolute atomic E-state index is 10.8. The van der Waals surface area contributed by atoms with Gasteiger partial charge < -0.3 is 20.4 Å². The number of pyridine rings is 1. The molecule has 0 unspecified atom stereocenters. The fourth-order valence-electron chi connectivity index (χ4n) is 3.53. The third-order valence-electron chi connectivity index (χ3n) is 5.33. The number of hydrogen-bond acceptors (Lipinski definition) is 10. The van der Waals surface area contributed by atoms with Crippen molar-refractivity contribution in [2.24, 2.45) is 0 Å². The first-order valence-corrected chi connectivity index (χ1v) is 9.14. The fraction of sp³-hybridized carbons (Fsp3) is 0.222. The Morgan fingerprint density at radius 3 is 2.57 bits per heavy atom. The zero-order chi connectivity index (χ0) is 20.7. The summed E-state index contributed by atoms with van der Waals surface area (Å²) in [6.45, 7) is 0. The Morgan fingerprint density at radius 2 is 1.97 bits per heavy atom. The minimum absolute atomic E-state index is 0.153. The first-order chi connectivity index (χ1) is 14.5. The number of nitrogens with one attached hydrogen (secondary N) is 1. The summed E-state index contributed by atoms with van der Waals surface area (Å²) in [5.74, 6) is 0.570. The molecule has 4 aromatic heterocycles. The molecule has 30 heavy (non-hydrogen) atoms. The Kier molecular flexibility index (Phi) is 3.98. The van der Waals surface area contributed by atoms with Crippen molar-refractivity contribution in [3.05, 3.63) is 58.3 Å². The zero-order valence-corrected chi connectivity index (χ0v) is 15.5. The summed E-state index contributed by atoms with van der Waals surface area (Å²) in [6.07, 6.45) is 7.76. The molecule has 4 aromatic rings. The Bertz CT molecular complexity index is 1210. The summed E-state index contributed by atoms with van der Waals surface area (Å²) < 4.78 is 5.35. The van der Waals surface area contributed by atoms with Crippen LogP contribution in [0.2, 0.25) is 0 Å². The first-order valence-electron chi connectivity index (χ1n) is 9.14. The van der Waals surface area contributed by atoms with Crippen LogP contribution in [0.1, 0.15) is 30.7 Å². The number of nitrogen functional groups attached to an aromatic ring is 1. The van der Waals surface area contributed by atoms with E-state index in [1.807, 2.05) is 12.1 Å². The summed E-state index contributed by atoms with van der Waals surface area (Å²) in [5, 5.41) is 21.1. The second-order valence-electron chi connectivity index (χ2n) is 7.02. The minimum Gasteiger partial charge on any atom is -0.368 e. The molecule has 1 fully saturated rings. The highest BCUT2D eigenvalue weighted by molar-refractivity contribution is 5.58. The van der Waals surface area contributed by atoms with Gasteiger partial charge in [-0.25, -0.2) is 9.97 Å². The van der Waals surface area contributed by atoms with Gasteiger partial charge in [0.2, 0.25) is 5.95 Å². The average molecular weight is 405 g/mol. The smallest absolute Gasteiger partial charge is 0.368 e. The van der Waals surface area contributed by atoms with E-state index in [0.29, 0.717) is 11.5 Å². The van der Waals surface area contributed by atoms with Crippen molar-refractivity contribution in [3.63, 3.8) is 0 Å². The summed E-state index contributed by atoms with van der Waals surface area (Å²) in [7, 11) is 0. The Morgan fingerprint density at radius 1 is 1.17 bits per heavy atom. The Hall–Kier alpha value is -4.22. The predicted octanol–water partition coefficient (Wildman–Crippen LogP) is 2.27. The normalized spacial score (nSPS) is 14.9. The van der Waals surface area contributed by atoms with E-state index in [0.717, 1.165) is 36.1 Å². The third-order valence-corrected chi connectivity index (χ3v) is 5.33. The van der Waals surface area contributed by atoms with Crippen LogP contribution >= 0.6 is 0 Å². The summed E-state index contributed by atoms with van der Waals surface area (Å²) in [6, 6.07) is 5.13. The quantitative estimate of drug-likeness (QED) is 0.370. The van der Waals surface area contributed by atoms with Crippen molar-refractivity contribution in [1.29, 1.82) is 0 Å². The van der Waals surface area contributed by atoms with Gasteiger partial charge in [0, 0.05) is 24.2 Å². The molecule has 0 bridgehead atoms. The van der Waals surface area contributed by atoms with Gasteiger partial charge in [0.1, 0.15) is 0 Å². The van der Waals surface area contributed by atoms with Crippen molar-refractivity contribution in [2.45, 2.75) is 24.7 Å². The molecule has 12 nitrogen and oxygen atoms in total. The van der Waals surface area contributed by atoms with Crippen molar-refractivity contribution < 1.29 is 9.45 Å². The highest BCUT2D eigenvalue weighted by atomic mass is 16.6. The standard InChI is InChI=1S/C18H15N9O3/c19-17-21-7-10(8-22-17)12-3-2-11(9-20-12)18(4-1-5-18)16-23-15(30-26-16)13-6-14(25-24-13)27(28)29/h2-3,6-9H,1,4-5H2,(H,24,25)(H2,19,21,22). The predicted molar refractivity (Wildman–Crippen MR) is 103 cm³/mol. The number of rotatable bonds is 5. The summed E-state index contributed by atoms with van der Waals surface area (Å²) in [5.41, 5.74) is 7.89. The lowest BCUT2D eigenvalue weighted by atomic mass is 9.64. The number of nitrogens with two attached hydrogens (primary N) is 1. The van der Waals surface area contributed by atoms with E-state index >= 15 is 0 Å². The van der Waals surface area contributed by atoms with Gasteiger partial charge in [-0.15, -0.1) is 0 Å². The van der Waals surface area contributed by atoms with E-state index < -0.39 is 10.3 Å². The zero-order valence-electron chi connectivity index (χ0n) is 15.5.